The molecular weight excluding hydrogens is 273 g/mol. The Morgan fingerprint density at radius 1 is 1.28 bits per heavy atom. The molecule has 0 aliphatic rings. The Bertz CT molecular complexity index is 602. The fourth-order valence-corrected chi connectivity index (χ4v) is 1.73. The number of carbonyl (C=O) groups excluding carboxylic acids is 1. The Hall–Kier alpha value is -1.78. The molecule has 0 aliphatic heterocycles. The minimum Gasteiger partial charge on any atom is -0.383 e. The standard InChI is InChI=1S/C12H9Cl2N3O/c13-7-3-4-9(14)10(6-7)17-12(18)8-2-1-5-16-11(8)15/h1-6H,(H2,15,16)(H,17,18). The molecule has 3 N–H and O–H groups in total. The number of amides is 1. The van der Waals surface area contributed by atoms with Gasteiger partial charge in [0.25, 0.3) is 5.91 Å². The number of pyridine rings is 1. The molecule has 0 saturated carbocycles. The molecule has 1 heterocycles. The first kappa shape index (κ1) is 12.7. The van der Waals surface area contributed by atoms with Crippen LogP contribution in [0.3, 0.4) is 0 Å². The van der Waals surface area contributed by atoms with Crippen LogP contribution in [0.5, 0.6) is 0 Å². The first-order valence-corrected chi connectivity index (χ1v) is 5.80. The van der Waals surface area contributed by atoms with Crippen LogP contribution < -0.4 is 11.1 Å². The summed E-state index contributed by atoms with van der Waals surface area (Å²) in [5.74, 6) is -0.224. The summed E-state index contributed by atoms with van der Waals surface area (Å²) in [5.41, 5.74) is 6.33. The van der Waals surface area contributed by atoms with Crippen LogP contribution in [-0.4, -0.2) is 10.9 Å². The number of nitrogen functional groups attached to an aromatic ring is 1. The normalized spacial score (nSPS) is 10.1. The van der Waals surface area contributed by atoms with Gasteiger partial charge in [-0.25, -0.2) is 4.98 Å². The van der Waals surface area contributed by atoms with Gasteiger partial charge in [0.15, 0.2) is 0 Å². The van der Waals surface area contributed by atoms with Gasteiger partial charge in [0.2, 0.25) is 0 Å². The number of rotatable bonds is 2. The largest absolute Gasteiger partial charge is 0.383 e. The molecule has 0 unspecified atom stereocenters. The average molecular weight is 282 g/mol. The smallest absolute Gasteiger partial charge is 0.259 e. The lowest BCUT2D eigenvalue weighted by atomic mass is 10.2. The summed E-state index contributed by atoms with van der Waals surface area (Å²) in [7, 11) is 0. The van der Waals surface area contributed by atoms with Crippen LogP contribution in [0.25, 0.3) is 0 Å². The number of nitrogens with two attached hydrogens (primary N) is 1. The van der Waals surface area contributed by atoms with Crippen molar-refractivity contribution in [1.29, 1.82) is 0 Å². The molecule has 1 aromatic heterocycles. The van der Waals surface area contributed by atoms with Crippen LogP contribution in [0.2, 0.25) is 10.0 Å². The van der Waals surface area contributed by atoms with E-state index in [1.807, 2.05) is 0 Å². The fraction of sp³-hybridized carbons (Fsp3) is 0. The first-order valence-electron chi connectivity index (χ1n) is 5.05. The fourth-order valence-electron chi connectivity index (χ4n) is 1.39. The van der Waals surface area contributed by atoms with Crippen LogP contribution >= 0.6 is 23.2 Å². The van der Waals surface area contributed by atoms with Gasteiger partial charge in [-0.15, -0.1) is 0 Å². The number of aromatic nitrogens is 1. The lowest BCUT2D eigenvalue weighted by molar-refractivity contribution is 0.102. The van der Waals surface area contributed by atoms with Crippen molar-refractivity contribution in [3.05, 3.63) is 52.1 Å². The number of benzene rings is 1. The van der Waals surface area contributed by atoms with E-state index in [1.165, 1.54) is 6.20 Å². The minimum absolute atomic E-state index is 0.160. The number of carbonyl (C=O) groups is 1. The lowest BCUT2D eigenvalue weighted by Gasteiger charge is -2.08. The van der Waals surface area contributed by atoms with Gasteiger partial charge in [-0.2, -0.15) is 0 Å². The van der Waals surface area contributed by atoms with E-state index < -0.39 is 0 Å². The topological polar surface area (TPSA) is 68.0 Å². The Labute approximate surface area is 114 Å². The second-order valence-electron chi connectivity index (χ2n) is 3.51. The average Bonchev–Trinajstić information content (AvgIpc) is 2.34. The van der Waals surface area contributed by atoms with Crippen LogP contribution in [0.4, 0.5) is 11.5 Å². The van der Waals surface area contributed by atoms with E-state index in [2.05, 4.69) is 10.3 Å². The summed E-state index contributed by atoms with van der Waals surface area (Å²) in [4.78, 5) is 15.8. The van der Waals surface area contributed by atoms with Gasteiger partial charge in [0, 0.05) is 11.2 Å². The predicted molar refractivity (Wildman–Crippen MR) is 73.1 cm³/mol. The number of hydrogen-bond donors (Lipinski definition) is 2. The van der Waals surface area contributed by atoms with Crippen molar-refractivity contribution in [2.45, 2.75) is 0 Å². The first-order chi connectivity index (χ1) is 8.58. The van der Waals surface area contributed by atoms with E-state index in [1.54, 1.807) is 30.3 Å². The summed E-state index contributed by atoms with van der Waals surface area (Å²) in [6, 6.07) is 8.01. The van der Waals surface area contributed by atoms with Crippen molar-refractivity contribution < 1.29 is 4.79 Å². The van der Waals surface area contributed by atoms with E-state index in [-0.39, 0.29) is 17.3 Å². The molecule has 2 aromatic rings. The Balaban J connectivity index is 2.27. The minimum atomic E-state index is -0.384. The summed E-state index contributed by atoms with van der Waals surface area (Å²) < 4.78 is 0. The second-order valence-corrected chi connectivity index (χ2v) is 4.36. The lowest BCUT2D eigenvalue weighted by Crippen LogP contribution is -2.14. The highest BCUT2D eigenvalue weighted by Gasteiger charge is 2.12. The Morgan fingerprint density at radius 2 is 2.06 bits per heavy atom. The summed E-state index contributed by atoms with van der Waals surface area (Å²) in [5, 5.41) is 3.51. The third-order valence-corrected chi connectivity index (χ3v) is 2.82. The van der Waals surface area contributed by atoms with E-state index in [0.29, 0.717) is 15.7 Å². The molecule has 0 spiro atoms. The summed E-state index contributed by atoms with van der Waals surface area (Å²) >= 11 is 11.8. The van der Waals surface area contributed by atoms with Crippen LogP contribution in [-0.2, 0) is 0 Å². The zero-order valence-electron chi connectivity index (χ0n) is 9.15. The number of nitrogens with one attached hydrogen (secondary N) is 1. The maximum Gasteiger partial charge on any atom is 0.259 e. The number of halogens is 2. The van der Waals surface area contributed by atoms with E-state index >= 15 is 0 Å². The van der Waals surface area contributed by atoms with Crippen molar-refractivity contribution in [2.24, 2.45) is 0 Å². The van der Waals surface area contributed by atoms with E-state index in [9.17, 15) is 4.79 Å². The van der Waals surface area contributed by atoms with Crippen molar-refractivity contribution in [3.63, 3.8) is 0 Å². The molecule has 0 aliphatic carbocycles. The third kappa shape index (κ3) is 2.72. The van der Waals surface area contributed by atoms with Gasteiger partial charge >= 0.3 is 0 Å². The molecular formula is C12H9Cl2N3O. The molecule has 6 heteroatoms. The van der Waals surface area contributed by atoms with E-state index in [4.69, 9.17) is 28.9 Å². The molecule has 2 rings (SSSR count). The maximum absolute atomic E-state index is 12.0. The molecule has 1 amide bonds. The van der Waals surface area contributed by atoms with Gasteiger partial charge in [0.05, 0.1) is 16.3 Å². The molecule has 0 saturated heterocycles. The molecule has 0 fully saturated rings. The predicted octanol–water partition coefficient (Wildman–Crippen LogP) is 3.22. The highest BCUT2D eigenvalue weighted by molar-refractivity contribution is 6.35. The van der Waals surface area contributed by atoms with Crippen LogP contribution in [0, 0.1) is 0 Å². The quantitative estimate of drug-likeness (QED) is 0.888. The summed E-state index contributed by atoms with van der Waals surface area (Å²) in [6.45, 7) is 0. The second kappa shape index (κ2) is 5.25. The molecule has 18 heavy (non-hydrogen) atoms. The molecule has 0 bridgehead atoms. The molecule has 0 atom stereocenters. The van der Waals surface area contributed by atoms with Crippen molar-refractivity contribution in [2.75, 3.05) is 11.1 Å². The van der Waals surface area contributed by atoms with Crippen LogP contribution in [0.15, 0.2) is 36.5 Å². The van der Waals surface area contributed by atoms with Gasteiger partial charge in [-0.1, -0.05) is 23.2 Å². The molecule has 1 aromatic carbocycles. The molecule has 0 radical (unpaired) electrons. The van der Waals surface area contributed by atoms with Crippen molar-refractivity contribution in [3.8, 4) is 0 Å². The zero-order chi connectivity index (χ0) is 13.1. The van der Waals surface area contributed by atoms with Gasteiger partial charge in [-0.3, -0.25) is 4.79 Å². The SMILES string of the molecule is Nc1ncccc1C(=O)Nc1cc(Cl)ccc1Cl. The van der Waals surface area contributed by atoms with Crippen molar-refractivity contribution in [1.82, 2.24) is 4.98 Å². The number of hydrogen-bond acceptors (Lipinski definition) is 3. The molecule has 92 valence electrons. The zero-order valence-corrected chi connectivity index (χ0v) is 10.7. The van der Waals surface area contributed by atoms with Crippen molar-refractivity contribution >= 4 is 40.6 Å². The molecule has 4 nitrogen and oxygen atoms in total. The van der Waals surface area contributed by atoms with Gasteiger partial charge < -0.3 is 11.1 Å². The number of anilines is 2. The van der Waals surface area contributed by atoms with E-state index in [0.717, 1.165) is 0 Å². The maximum atomic E-state index is 12.0. The Kier molecular flexibility index (Phi) is 3.69. The number of nitrogens with zero attached hydrogens (tertiary/aromatic N) is 1. The highest BCUT2D eigenvalue weighted by Crippen LogP contribution is 2.26. The highest BCUT2D eigenvalue weighted by atomic mass is 35.5. The summed E-state index contributed by atoms with van der Waals surface area (Å²) in [6.07, 6.45) is 1.51. The monoisotopic (exact) mass is 281 g/mol. The Morgan fingerprint density at radius 3 is 2.78 bits per heavy atom. The van der Waals surface area contributed by atoms with Gasteiger partial charge in [-0.05, 0) is 30.3 Å². The van der Waals surface area contributed by atoms with Crippen LogP contribution in [0.1, 0.15) is 10.4 Å². The van der Waals surface area contributed by atoms with Gasteiger partial charge in [0.1, 0.15) is 5.82 Å². The third-order valence-electron chi connectivity index (χ3n) is 2.26.